The summed E-state index contributed by atoms with van der Waals surface area (Å²) in [7, 11) is 1.61. The number of halogens is 1. The van der Waals surface area contributed by atoms with Gasteiger partial charge in [0.2, 0.25) is 5.91 Å². The second kappa shape index (κ2) is 6.26. The van der Waals surface area contributed by atoms with E-state index < -0.39 is 5.54 Å². The van der Waals surface area contributed by atoms with Crippen LogP contribution in [0, 0.1) is 17.3 Å². The van der Waals surface area contributed by atoms with Gasteiger partial charge < -0.3 is 5.32 Å². The fraction of sp³-hybridized carbons (Fsp3) is 0.238. The third-order valence-corrected chi connectivity index (χ3v) is 6.67. The highest BCUT2D eigenvalue weighted by Crippen LogP contribution is 2.42. The molecule has 0 saturated carbocycles. The number of hydrogen-bond acceptors (Lipinski definition) is 3. The predicted octanol–water partition coefficient (Wildman–Crippen LogP) is 4.68. The Bertz CT molecular complexity index is 1170. The first-order valence-corrected chi connectivity index (χ1v) is 9.74. The van der Waals surface area contributed by atoms with Crippen molar-refractivity contribution in [3.63, 3.8) is 0 Å². The molecule has 2 aromatic carbocycles. The van der Waals surface area contributed by atoms with Crippen molar-refractivity contribution in [1.29, 1.82) is 5.41 Å². The Kier molecular flexibility index (Phi) is 4.14. The highest BCUT2D eigenvalue weighted by atomic mass is 35.5. The van der Waals surface area contributed by atoms with E-state index in [1.165, 1.54) is 4.90 Å². The van der Waals surface area contributed by atoms with Crippen LogP contribution in [0.4, 0.5) is 0 Å². The molecule has 6 heteroatoms. The van der Waals surface area contributed by atoms with Crippen LogP contribution < -0.4 is 5.32 Å². The fourth-order valence-electron chi connectivity index (χ4n) is 3.49. The molecule has 0 radical (unpaired) electrons. The molecule has 1 atom stereocenters. The molecule has 1 saturated heterocycles. The van der Waals surface area contributed by atoms with Crippen molar-refractivity contribution in [2.24, 2.45) is 0 Å². The monoisotopic (exact) mass is 395 g/mol. The van der Waals surface area contributed by atoms with Gasteiger partial charge in [-0.05, 0) is 49.7 Å². The standard InChI is InChI=1S/C21H18ClN3OS/c1-4-5-12-6-7-17-14(8-12)15-9-13(10-16(22)19(15)27-17)21(2)11-18(26)25(3)20(23)24-21/h6-10H,11H2,1-3H3,(H2,23,24)/t21-/m0/s1. The third-order valence-electron chi connectivity index (χ3n) is 5.04. The summed E-state index contributed by atoms with van der Waals surface area (Å²) in [4.78, 5) is 13.7. The number of thiophene rings is 1. The number of nitrogens with one attached hydrogen (secondary N) is 2. The molecule has 136 valence electrons. The predicted molar refractivity (Wildman–Crippen MR) is 112 cm³/mol. The maximum atomic E-state index is 12.3. The van der Waals surface area contributed by atoms with E-state index in [-0.39, 0.29) is 18.3 Å². The van der Waals surface area contributed by atoms with E-state index in [0.717, 1.165) is 31.3 Å². The molecule has 0 spiro atoms. The van der Waals surface area contributed by atoms with Crippen LogP contribution in [0.2, 0.25) is 5.02 Å². The van der Waals surface area contributed by atoms with Crippen molar-refractivity contribution >= 4 is 55.0 Å². The maximum Gasteiger partial charge on any atom is 0.231 e. The van der Waals surface area contributed by atoms with Crippen molar-refractivity contribution in [3.05, 3.63) is 46.5 Å². The van der Waals surface area contributed by atoms with E-state index in [1.54, 1.807) is 18.4 Å². The van der Waals surface area contributed by atoms with Crippen LogP contribution in [-0.4, -0.2) is 23.8 Å². The largest absolute Gasteiger partial charge is 0.346 e. The van der Waals surface area contributed by atoms with Gasteiger partial charge in [0, 0.05) is 28.1 Å². The minimum atomic E-state index is -0.673. The number of hydrogen-bond donors (Lipinski definition) is 2. The Balaban J connectivity index is 1.93. The van der Waals surface area contributed by atoms with Crippen LogP contribution in [0.25, 0.3) is 20.2 Å². The molecule has 1 aliphatic heterocycles. The van der Waals surface area contributed by atoms with Gasteiger partial charge >= 0.3 is 0 Å². The lowest BCUT2D eigenvalue weighted by atomic mass is 9.86. The summed E-state index contributed by atoms with van der Waals surface area (Å²) >= 11 is 8.28. The van der Waals surface area contributed by atoms with Gasteiger partial charge in [-0.3, -0.25) is 15.1 Å². The highest BCUT2D eigenvalue weighted by molar-refractivity contribution is 7.26. The first-order chi connectivity index (χ1) is 12.8. The zero-order valence-corrected chi connectivity index (χ0v) is 16.8. The molecule has 1 aromatic heterocycles. The summed E-state index contributed by atoms with van der Waals surface area (Å²) in [6.07, 6.45) is 0.266. The van der Waals surface area contributed by atoms with Crippen LogP contribution in [0.1, 0.15) is 31.4 Å². The number of carbonyl (C=O) groups excluding carboxylic acids is 1. The summed E-state index contributed by atoms with van der Waals surface area (Å²) in [5.74, 6) is 6.04. The van der Waals surface area contributed by atoms with Gasteiger partial charge in [-0.15, -0.1) is 17.3 Å². The first kappa shape index (κ1) is 17.8. The number of guanidine groups is 1. The molecule has 4 nitrogen and oxygen atoms in total. The van der Waals surface area contributed by atoms with Gasteiger partial charge in [0.15, 0.2) is 5.96 Å². The van der Waals surface area contributed by atoms with E-state index in [1.807, 2.05) is 26.0 Å². The maximum absolute atomic E-state index is 12.3. The molecule has 27 heavy (non-hydrogen) atoms. The molecular weight excluding hydrogens is 378 g/mol. The van der Waals surface area contributed by atoms with Gasteiger partial charge in [0.05, 0.1) is 21.7 Å². The lowest BCUT2D eigenvalue weighted by Gasteiger charge is -2.39. The van der Waals surface area contributed by atoms with Crippen LogP contribution >= 0.6 is 22.9 Å². The van der Waals surface area contributed by atoms with E-state index in [2.05, 4.69) is 35.4 Å². The number of nitrogens with zero attached hydrogens (tertiary/aromatic N) is 1. The SMILES string of the molecule is CC#Cc1ccc2sc3c(Cl)cc([C@]4(C)CC(=O)N(C)C(=N)N4)cc3c2c1. The quantitative estimate of drug-likeness (QED) is 0.588. The highest BCUT2D eigenvalue weighted by Gasteiger charge is 2.38. The second-order valence-electron chi connectivity index (χ2n) is 6.96. The Hall–Kier alpha value is -2.55. The minimum Gasteiger partial charge on any atom is -0.346 e. The topological polar surface area (TPSA) is 56.2 Å². The Morgan fingerprint density at radius 3 is 2.78 bits per heavy atom. The van der Waals surface area contributed by atoms with E-state index in [4.69, 9.17) is 17.0 Å². The van der Waals surface area contributed by atoms with Crippen LogP contribution in [0.3, 0.4) is 0 Å². The van der Waals surface area contributed by atoms with E-state index >= 15 is 0 Å². The first-order valence-electron chi connectivity index (χ1n) is 8.55. The molecule has 2 N–H and O–H groups in total. The molecule has 1 fully saturated rings. The van der Waals surface area contributed by atoms with Gasteiger partial charge in [0.1, 0.15) is 0 Å². The van der Waals surface area contributed by atoms with Gasteiger partial charge in [-0.1, -0.05) is 17.5 Å². The molecule has 0 bridgehead atoms. The minimum absolute atomic E-state index is 0.0897. The summed E-state index contributed by atoms with van der Waals surface area (Å²) in [5, 5.41) is 14.1. The fourth-order valence-corrected chi connectivity index (χ4v) is 4.89. The summed E-state index contributed by atoms with van der Waals surface area (Å²) < 4.78 is 2.17. The van der Waals surface area contributed by atoms with Crippen molar-refractivity contribution < 1.29 is 4.79 Å². The average molecular weight is 396 g/mol. The number of rotatable bonds is 1. The Morgan fingerprint density at radius 2 is 2.07 bits per heavy atom. The number of carbonyl (C=O) groups is 1. The van der Waals surface area contributed by atoms with Crippen molar-refractivity contribution in [2.75, 3.05) is 7.05 Å². The molecule has 2 heterocycles. The van der Waals surface area contributed by atoms with E-state index in [0.29, 0.717) is 5.02 Å². The number of fused-ring (bicyclic) bond motifs is 3. The van der Waals surface area contributed by atoms with Gasteiger partial charge in [-0.25, -0.2) is 0 Å². The second-order valence-corrected chi connectivity index (χ2v) is 8.42. The molecular formula is C21H18ClN3OS. The van der Waals surface area contributed by atoms with E-state index in [9.17, 15) is 4.79 Å². The molecule has 1 amide bonds. The number of amides is 1. The van der Waals surface area contributed by atoms with Crippen LogP contribution in [0.15, 0.2) is 30.3 Å². The smallest absolute Gasteiger partial charge is 0.231 e. The number of benzene rings is 2. The summed E-state index contributed by atoms with van der Waals surface area (Å²) in [6, 6.07) is 10.2. The molecule has 1 aliphatic rings. The lowest BCUT2D eigenvalue weighted by molar-refractivity contribution is -0.129. The van der Waals surface area contributed by atoms with Crippen LogP contribution in [-0.2, 0) is 10.3 Å². The normalized spacial score (nSPS) is 19.9. The van der Waals surface area contributed by atoms with Crippen molar-refractivity contribution in [3.8, 4) is 11.8 Å². The zero-order valence-electron chi connectivity index (χ0n) is 15.2. The van der Waals surface area contributed by atoms with Gasteiger partial charge in [-0.2, -0.15) is 0 Å². The zero-order chi connectivity index (χ0) is 19.3. The Morgan fingerprint density at radius 1 is 1.30 bits per heavy atom. The summed E-state index contributed by atoms with van der Waals surface area (Å²) in [6.45, 7) is 3.76. The summed E-state index contributed by atoms with van der Waals surface area (Å²) in [5.41, 5.74) is 1.19. The third kappa shape index (κ3) is 2.86. The molecule has 4 rings (SSSR count). The molecule has 3 aromatic rings. The van der Waals surface area contributed by atoms with Crippen molar-refractivity contribution in [1.82, 2.24) is 10.2 Å². The van der Waals surface area contributed by atoms with Crippen LogP contribution in [0.5, 0.6) is 0 Å². The van der Waals surface area contributed by atoms with Crippen molar-refractivity contribution in [2.45, 2.75) is 25.8 Å². The molecule has 0 aliphatic carbocycles. The van der Waals surface area contributed by atoms with Gasteiger partial charge in [0.25, 0.3) is 0 Å². The Labute approximate surface area is 166 Å². The average Bonchev–Trinajstić information content (AvgIpc) is 2.99. The molecule has 0 unspecified atom stereocenters. The lowest BCUT2D eigenvalue weighted by Crippen LogP contribution is -2.58.